The van der Waals surface area contributed by atoms with Gasteiger partial charge in [0.1, 0.15) is 0 Å². The van der Waals surface area contributed by atoms with Crippen molar-refractivity contribution < 1.29 is 92.2 Å². The van der Waals surface area contributed by atoms with Crippen molar-refractivity contribution in [3.8, 4) is 0 Å². The van der Waals surface area contributed by atoms with E-state index in [1.165, 1.54) is 0 Å². The molecule has 0 bridgehead atoms. The first-order valence-corrected chi connectivity index (χ1v) is 7.31. The Morgan fingerprint density at radius 1 is 0.394 bits per heavy atom. The molecule has 198 valence electrons. The first kappa shape index (κ1) is 29.6. The van der Waals surface area contributed by atoms with Crippen molar-refractivity contribution in [2.75, 3.05) is 0 Å². The third-order valence-corrected chi connectivity index (χ3v) is 5.37. The topological polar surface area (TPSA) is 0 Å². The van der Waals surface area contributed by atoms with E-state index >= 15 is 0 Å². The van der Waals surface area contributed by atoms with E-state index < -0.39 is 71.8 Å². The van der Waals surface area contributed by atoms with Crippen molar-refractivity contribution in [1.29, 1.82) is 0 Å². The second-order valence-electron chi connectivity index (χ2n) is 6.75. The molecule has 1 unspecified atom stereocenters. The summed E-state index contributed by atoms with van der Waals surface area (Å²) in [6.45, 7) is 0. The summed E-state index contributed by atoms with van der Waals surface area (Å²) in [7, 11) is 0. The van der Waals surface area contributed by atoms with Gasteiger partial charge in [-0.2, -0.15) is 92.2 Å². The monoisotopic (exact) mass is 546 g/mol. The van der Waals surface area contributed by atoms with Gasteiger partial charge in [0.05, 0.1) is 5.92 Å². The van der Waals surface area contributed by atoms with Gasteiger partial charge in [0, 0.05) is 0 Å². The molecule has 0 aliphatic heterocycles. The number of halogens is 21. The Morgan fingerprint density at radius 3 is 0.818 bits per heavy atom. The minimum absolute atomic E-state index is 4.97. The lowest BCUT2D eigenvalue weighted by Gasteiger charge is -2.55. The van der Waals surface area contributed by atoms with E-state index in [0.717, 1.165) is 0 Å². The highest BCUT2D eigenvalue weighted by Crippen LogP contribution is 2.89. The zero-order valence-electron chi connectivity index (χ0n) is 14.2. The Hall–Kier alpha value is -1.47. The summed E-state index contributed by atoms with van der Waals surface area (Å²) >= 11 is 0. The van der Waals surface area contributed by atoms with Crippen molar-refractivity contribution in [2.24, 2.45) is 22.2 Å². The quantitative estimate of drug-likeness (QED) is 0.271. The lowest BCUT2D eigenvalue weighted by Crippen LogP contribution is -2.78. The summed E-state index contributed by atoms with van der Waals surface area (Å²) in [6.07, 6.45) is -64.7. The molecule has 0 N–H and O–H groups in total. The lowest BCUT2D eigenvalue weighted by atomic mass is 9.52. The van der Waals surface area contributed by atoms with Gasteiger partial charge < -0.3 is 0 Å². The van der Waals surface area contributed by atoms with Crippen LogP contribution >= 0.6 is 0 Å². The lowest BCUT2D eigenvalue weighted by molar-refractivity contribution is -0.528. The molecule has 0 amide bonds. The SMILES string of the molecule is FC(F)(F)C1CC(C(F)(F)F)(C(F)(F)F)C(C(F)(F)F)(C(F)(F)F)C1(C(F)(F)F)C(F)(F)F. The average molecular weight is 546 g/mol. The molecule has 0 aromatic carbocycles. The van der Waals surface area contributed by atoms with Crippen LogP contribution in [0.25, 0.3) is 0 Å². The van der Waals surface area contributed by atoms with Gasteiger partial charge in [-0.3, -0.25) is 0 Å². The molecule has 0 heterocycles. The summed E-state index contributed by atoms with van der Waals surface area (Å²) in [5.74, 6) is -6.53. The summed E-state index contributed by atoms with van der Waals surface area (Å²) in [6, 6.07) is 0. The zero-order chi connectivity index (χ0) is 27.3. The largest absolute Gasteiger partial charge is 0.405 e. The molecule has 33 heavy (non-hydrogen) atoms. The van der Waals surface area contributed by atoms with E-state index in [0.29, 0.717) is 0 Å². The zero-order valence-corrected chi connectivity index (χ0v) is 14.2. The minimum Gasteiger partial charge on any atom is -0.171 e. The molecule has 1 aliphatic rings. The fraction of sp³-hybridized carbons (Fsp3) is 1.00. The normalized spacial score (nSPS) is 24.8. The molecule has 0 nitrogen and oxygen atoms in total. The van der Waals surface area contributed by atoms with Crippen molar-refractivity contribution >= 4 is 0 Å². The highest BCUT2D eigenvalue weighted by molar-refractivity contribution is 5.31. The molecule has 0 aromatic rings. The van der Waals surface area contributed by atoms with Crippen LogP contribution in [0.4, 0.5) is 92.2 Å². The predicted molar refractivity (Wildman–Crippen MR) is 57.8 cm³/mol. The number of hydrogen-bond donors (Lipinski definition) is 0. The van der Waals surface area contributed by atoms with Gasteiger partial charge in [0.2, 0.25) is 5.41 Å². The molecule has 1 atom stereocenters. The van der Waals surface area contributed by atoms with Crippen LogP contribution in [0, 0.1) is 22.2 Å². The highest BCUT2D eigenvalue weighted by atomic mass is 19.4. The van der Waals surface area contributed by atoms with Crippen molar-refractivity contribution in [2.45, 2.75) is 49.7 Å². The molecule has 0 aromatic heterocycles. The second kappa shape index (κ2) is 6.81. The van der Waals surface area contributed by atoms with Gasteiger partial charge in [-0.05, 0) is 6.42 Å². The summed E-state index contributed by atoms with van der Waals surface area (Å²) in [4.78, 5) is 0. The fourth-order valence-electron chi connectivity index (χ4n) is 4.46. The maximum atomic E-state index is 13.5. The minimum atomic E-state index is -9.16. The molecule has 1 rings (SSSR count). The number of alkyl halides is 21. The molecule has 0 saturated heterocycles. The Balaban J connectivity index is 4.93. The number of hydrogen-bond acceptors (Lipinski definition) is 0. The molecular weight excluding hydrogens is 543 g/mol. The van der Waals surface area contributed by atoms with E-state index in [1.54, 1.807) is 0 Å². The fourth-order valence-corrected chi connectivity index (χ4v) is 4.46. The van der Waals surface area contributed by atoms with E-state index in [2.05, 4.69) is 0 Å². The summed E-state index contributed by atoms with van der Waals surface area (Å²) in [5, 5.41) is 0. The first-order chi connectivity index (χ1) is 13.8. The third-order valence-electron chi connectivity index (χ3n) is 5.37. The predicted octanol–water partition coefficient (Wildman–Crippen LogP) is 7.90. The van der Waals surface area contributed by atoms with E-state index in [4.69, 9.17) is 0 Å². The summed E-state index contributed by atoms with van der Waals surface area (Å²) in [5.41, 5.74) is -26.2. The van der Waals surface area contributed by atoms with Crippen molar-refractivity contribution in [3.05, 3.63) is 0 Å². The second-order valence-corrected chi connectivity index (χ2v) is 6.75. The van der Waals surface area contributed by atoms with Crippen LogP contribution in [-0.2, 0) is 0 Å². The smallest absolute Gasteiger partial charge is 0.171 e. The van der Waals surface area contributed by atoms with E-state index in [1.807, 2.05) is 0 Å². The van der Waals surface area contributed by atoms with Crippen LogP contribution in [0.2, 0.25) is 0 Å². The summed E-state index contributed by atoms with van der Waals surface area (Å²) < 4.78 is 281. The molecule has 1 aliphatic carbocycles. The van der Waals surface area contributed by atoms with Gasteiger partial charge in [0.15, 0.2) is 10.8 Å². The third kappa shape index (κ3) is 3.24. The van der Waals surface area contributed by atoms with Crippen LogP contribution in [0.3, 0.4) is 0 Å². The van der Waals surface area contributed by atoms with Crippen LogP contribution < -0.4 is 0 Å². The van der Waals surface area contributed by atoms with Crippen molar-refractivity contribution in [1.82, 2.24) is 0 Å². The van der Waals surface area contributed by atoms with Crippen LogP contribution in [0.1, 0.15) is 6.42 Å². The van der Waals surface area contributed by atoms with Gasteiger partial charge in [-0.25, -0.2) is 0 Å². The highest BCUT2D eigenvalue weighted by Gasteiger charge is 3.09. The molecule has 0 spiro atoms. The van der Waals surface area contributed by atoms with Gasteiger partial charge in [0.25, 0.3) is 0 Å². The van der Waals surface area contributed by atoms with E-state index in [9.17, 15) is 92.2 Å². The number of rotatable bonds is 0. The first-order valence-electron chi connectivity index (χ1n) is 7.31. The Morgan fingerprint density at radius 2 is 0.667 bits per heavy atom. The molecule has 0 radical (unpaired) electrons. The van der Waals surface area contributed by atoms with Crippen molar-refractivity contribution in [3.63, 3.8) is 0 Å². The van der Waals surface area contributed by atoms with Crippen LogP contribution in [-0.4, -0.2) is 43.2 Å². The molecule has 1 saturated carbocycles. The maximum absolute atomic E-state index is 13.5. The Labute approximate surface area is 165 Å². The van der Waals surface area contributed by atoms with Gasteiger partial charge >= 0.3 is 43.2 Å². The van der Waals surface area contributed by atoms with E-state index in [-0.39, 0.29) is 0 Å². The van der Waals surface area contributed by atoms with Crippen LogP contribution in [0.15, 0.2) is 0 Å². The molecule has 1 fully saturated rings. The van der Waals surface area contributed by atoms with Gasteiger partial charge in [-0.1, -0.05) is 0 Å². The maximum Gasteiger partial charge on any atom is 0.405 e. The molecule has 21 heteroatoms. The Bertz CT molecular complexity index is 685. The van der Waals surface area contributed by atoms with Gasteiger partial charge in [-0.15, -0.1) is 0 Å². The van der Waals surface area contributed by atoms with Crippen LogP contribution in [0.5, 0.6) is 0 Å². The molecular formula is C12H3F21. The standard InChI is InChI=1S/C12H3F21/c13-5(14,15)2-1-3(7(16,17)18,8(19,20)21)6(11(28,29)30,12(31,32)33)4(2,9(22,23)24)10(25,26)27/h2H,1H2. The Kier molecular flexibility index (Phi) is 6.10. The average Bonchev–Trinajstić information content (AvgIpc) is 2.74.